The Morgan fingerprint density at radius 2 is 1.71 bits per heavy atom. The number of anilines is 1. The molecule has 0 bridgehead atoms. The molecular weight excluding hydrogens is 270 g/mol. The van der Waals surface area contributed by atoms with Crippen LogP contribution in [0.3, 0.4) is 0 Å². The Morgan fingerprint density at radius 3 is 2.29 bits per heavy atom. The van der Waals surface area contributed by atoms with Crippen LogP contribution in [0.2, 0.25) is 0 Å². The van der Waals surface area contributed by atoms with E-state index in [-0.39, 0.29) is 12.3 Å². The molecule has 0 saturated carbocycles. The lowest BCUT2D eigenvalue weighted by Crippen LogP contribution is -2.12. The van der Waals surface area contributed by atoms with Crippen molar-refractivity contribution in [2.45, 2.75) is 6.42 Å². The average molecular weight is 283 g/mol. The number of rotatable bonds is 4. The van der Waals surface area contributed by atoms with Crippen molar-refractivity contribution < 1.29 is 14.7 Å². The van der Waals surface area contributed by atoms with Crippen LogP contribution in [0.25, 0.3) is 11.0 Å². The largest absolute Gasteiger partial charge is 0.481 e. The van der Waals surface area contributed by atoms with Crippen LogP contribution in [0.1, 0.15) is 15.9 Å². The van der Waals surface area contributed by atoms with Gasteiger partial charge in [0, 0.05) is 11.3 Å². The molecule has 0 spiro atoms. The van der Waals surface area contributed by atoms with Gasteiger partial charge in [0.2, 0.25) is 0 Å². The molecule has 0 unspecified atom stereocenters. The number of carboxylic acids is 1. The van der Waals surface area contributed by atoms with Crippen LogP contribution in [0.4, 0.5) is 5.69 Å². The van der Waals surface area contributed by atoms with E-state index in [9.17, 15) is 9.59 Å². The van der Waals surface area contributed by atoms with Crippen molar-refractivity contribution in [2.75, 3.05) is 5.32 Å². The van der Waals surface area contributed by atoms with Crippen LogP contribution in [0.5, 0.6) is 0 Å². The highest BCUT2D eigenvalue weighted by Gasteiger charge is 2.08. The number of nitrogens with one attached hydrogen (secondary N) is 3. The summed E-state index contributed by atoms with van der Waals surface area (Å²) in [5.74, 6) is -1.09. The molecule has 1 aromatic heterocycles. The predicted octanol–water partition coefficient (Wildman–Crippen LogP) is 2.38. The van der Waals surface area contributed by atoms with Crippen molar-refractivity contribution in [3.8, 4) is 0 Å². The minimum atomic E-state index is -0.880. The second kappa shape index (κ2) is 5.16. The van der Waals surface area contributed by atoms with Crippen LogP contribution in [0.15, 0.2) is 42.5 Å². The van der Waals surface area contributed by atoms with Crippen LogP contribution in [-0.2, 0) is 11.2 Å². The average Bonchev–Trinajstić information content (AvgIpc) is 2.42. The molecule has 0 aliphatic heterocycles. The summed E-state index contributed by atoms with van der Waals surface area (Å²) in [6.45, 7) is 0. The van der Waals surface area contributed by atoms with Crippen molar-refractivity contribution in [1.29, 1.82) is 0 Å². The van der Waals surface area contributed by atoms with Gasteiger partial charge in [0.05, 0.1) is 17.5 Å². The van der Waals surface area contributed by atoms with E-state index in [1.165, 1.54) is 0 Å². The molecule has 2 aromatic carbocycles. The van der Waals surface area contributed by atoms with Crippen LogP contribution in [0, 0.1) is 0 Å². The highest BCUT2D eigenvalue weighted by atomic mass is 16.4. The van der Waals surface area contributed by atoms with Crippen LogP contribution in [-0.4, -0.2) is 27.2 Å². The van der Waals surface area contributed by atoms with Gasteiger partial charge < -0.3 is 10.4 Å². The molecule has 6 nitrogen and oxygen atoms in total. The molecule has 6 heteroatoms. The molecule has 0 aliphatic rings. The number of aromatic amines is 2. The van der Waals surface area contributed by atoms with Gasteiger partial charge in [0.25, 0.3) is 5.91 Å². The first kappa shape index (κ1) is 13.0. The Bertz CT molecular complexity index is 799. The van der Waals surface area contributed by atoms with E-state index in [2.05, 4.69) is 15.5 Å². The maximum atomic E-state index is 12.1. The highest BCUT2D eigenvalue weighted by molar-refractivity contribution is 6.06. The number of aromatic nitrogens is 2. The number of fused-ring (bicyclic) bond motifs is 1. The first-order valence-electron chi connectivity index (χ1n) is 6.40. The predicted molar refractivity (Wildman–Crippen MR) is 78.4 cm³/mol. The molecule has 106 valence electrons. The number of carbonyl (C=O) groups is 2. The zero-order valence-electron chi connectivity index (χ0n) is 11.0. The van der Waals surface area contributed by atoms with Gasteiger partial charge in [-0.15, -0.1) is 0 Å². The summed E-state index contributed by atoms with van der Waals surface area (Å²) >= 11 is 0. The molecule has 21 heavy (non-hydrogen) atoms. The van der Waals surface area contributed by atoms with E-state index in [1.807, 2.05) is 6.07 Å². The Hall–Kier alpha value is -3.02. The molecule has 0 fully saturated rings. The third kappa shape index (κ3) is 2.79. The summed E-state index contributed by atoms with van der Waals surface area (Å²) < 4.78 is 0. The molecule has 0 aliphatic carbocycles. The molecule has 3 rings (SSSR count). The van der Waals surface area contributed by atoms with Crippen LogP contribution < -0.4 is 5.32 Å². The fourth-order valence-corrected chi connectivity index (χ4v) is 2.05. The fraction of sp³-hybridized carbons (Fsp3) is 0.0667. The van der Waals surface area contributed by atoms with Gasteiger partial charge >= 0.3 is 5.97 Å². The van der Waals surface area contributed by atoms with Crippen molar-refractivity contribution in [3.63, 3.8) is 0 Å². The minimum absolute atomic E-state index is 0.0300. The Balaban J connectivity index is 1.71. The lowest BCUT2D eigenvalue weighted by molar-refractivity contribution is -0.136. The molecule has 3 aromatic rings. The molecule has 0 saturated heterocycles. The molecule has 4 N–H and O–H groups in total. The molecule has 1 heterocycles. The zero-order valence-corrected chi connectivity index (χ0v) is 11.0. The topological polar surface area (TPSA) is 98.0 Å². The summed E-state index contributed by atoms with van der Waals surface area (Å²) in [5.41, 5.74) is 3.72. The lowest BCUT2D eigenvalue weighted by Gasteiger charge is -2.08. The molecule has 1 amide bonds. The normalized spacial score (nSPS) is 10.7. The van der Waals surface area contributed by atoms with Gasteiger partial charge in [-0.3, -0.25) is 19.8 Å². The smallest absolute Gasteiger partial charge is 0.307 e. The maximum Gasteiger partial charge on any atom is 0.307 e. The third-order valence-corrected chi connectivity index (χ3v) is 3.18. The fourth-order valence-electron chi connectivity index (χ4n) is 2.05. The monoisotopic (exact) mass is 283 g/mol. The number of carbonyl (C=O) groups excluding carboxylic acids is 1. The number of aliphatic carboxylic acids is 1. The highest BCUT2D eigenvalue weighted by Crippen LogP contribution is 2.15. The minimum Gasteiger partial charge on any atom is -0.481 e. The van der Waals surface area contributed by atoms with E-state index in [0.29, 0.717) is 16.8 Å². The van der Waals surface area contributed by atoms with Gasteiger partial charge in [0.1, 0.15) is 0 Å². The molecule has 0 radical (unpaired) electrons. The Labute approximate surface area is 119 Å². The quantitative estimate of drug-likeness (QED) is 0.591. The van der Waals surface area contributed by atoms with E-state index in [0.717, 1.165) is 11.0 Å². The van der Waals surface area contributed by atoms with Crippen LogP contribution >= 0.6 is 0 Å². The Morgan fingerprint density at radius 1 is 1.00 bits per heavy atom. The van der Waals surface area contributed by atoms with Gasteiger partial charge in [-0.1, -0.05) is 12.1 Å². The van der Waals surface area contributed by atoms with Gasteiger partial charge in [-0.25, -0.2) is 0 Å². The first-order valence-corrected chi connectivity index (χ1v) is 6.40. The number of H-pyrrole nitrogens is 2. The summed E-state index contributed by atoms with van der Waals surface area (Å²) in [7, 11) is 0. The molecular formula is C15H13N3O3. The molecule has 0 atom stereocenters. The maximum absolute atomic E-state index is 12.1. The van der Waals surface area contributed by atoms with E-state index >= 15 is 0 Å². The number of carboxylic acid groups (broad SMARTS) is 1. The summed E-state index contributed by atoms with van der Waals surface area (Å²) in [5, 5.41) is 17.3. The number of benzene rings is 2. The van der Waals surface area contributed by atoms with E-state index < -0.39 is 5.97 Å². The van der Waals surface area contributed by atoms with E-state index in [4.69, 9.17) is 5.11 Å². The number of hydrogen-bond donors (Lipinski definition) is 4. The third-order valence-electron chi connectivity index (χ3n) is 3.18. The van der Waals surface area contributed by atoms with Crippen molar-refractivity contribution in [3.05, 3.63) is 53.6 Å². The van der Waals surface area contributed by atoms with Gasteiger partial charge in [-0.2, -0.15) is 0 Å². The summed E-state index contributed by atoms with van der Waals surface area (Å²) in [4.78, 5) is 22.7. The lowest BCUT2D eigenvalue weighted by atomic mass is 10.1. The number of hydrogen-bond acceptors (Lipinski definition) is 2. The summed E-state index contributed by atoms with van der Waals surface area (Å²) in [6.07, 6.45) is -0.0300. The van der Waals surface area contributed by atoms with E-state index in [1.54, 1.807) is 36.4 Å². The first-order chi connectivity index (χ1) is 10.1. The van der Waals surface area contributed by atoms with Crippen molar-refractivity contribution in [1.82, 2.24) is 10.2 Å². The SMILES string of the molecule is O=C(O)Cc1ccc(NC(=O)c2ccc3[nH][nH]c3c2)cc1. The van der Waals surface area contributed by atoms with Gasteiger partial charge in [-0.05, 0) is 35.9 Å². The van der Waals surface area contributed by atoms with Crippen molar-refractivity contribution in [2.24, 2.45) is 0 Å². The second-order valence-electron chi connectivity index (χ2n) is 4.73. The summed E-state index contributed by atoms with van der Waals surface area (Å²) in [6, 6.07) is 12.1. The van der Waals surface area contributed by atoms with Crippen molar-refractivity contribution >= 4 is 28.6 Å². The zero-order chi connectivity index (χ0) is 14.8. The standard InChI is InChI=1S/C15H13N3O3/c19-14(20)7-9-1-4-11(5-2-9)16-15(21)10-3-6-12-13(8-10)18-17-12/h1-6,8,17-18H,7H2,(H,16,21)(H,19,20). The Kier molecular flexibility index (Phi) is 3.19. The number of amides is 1. The van der Waals surface area contributed by atoms with Gasteiger partial charge in [0.15, 0.2) is 0 Å². The second-order valence-corrected chi connectivity index (χ2v) is 4.73.